The summed E-state index contributed by atoms with van der Waals surface area (Å²) in [4.78, 5) is 0. The minimum absolute atomic E-state index is 0.229. The zero-order valence-corrected chi connectivity index (χ0v) is 11.0. The standard InChI is InChI=1S/C14H13BrFN/c1-9-4-2-3-5-11(9)14(17)10-6-7-13(16)12(15)8-10/h2-8,14H,17H2,1H3. The third-order valence-corrected chi connectivity index (χ3v) is 3.43. The van der Waals surface area contributed by atoms with Gasteiger partial charge in [0.05, 0.1) is 10.5 Å². The lowest BCUT2D eigenvalue weighted by Gasteiger charge is -2.15. The fourth-order valence-corrected chi connectivity index (χ4v) is 2.22. The Labute approximate surface area is 109 Å². The Morgan fingerprint density at radius 3 is 2.53 bits per heavy atom. The van der Waals surface area contributed by atoms with E-state index in [4.69, 9.17) is 5.73 Å². The summed E-state index contributed by atoms with van der Waals surface area (Å²) in [7, 11) is 0. The molecular formula is C14H13BrFN. The van der Waals surface area contributed by atoms with E-state index in [1.54, 1.807) is 12.1 Å². The van der Waals surface area contributed by atoms with Crippen LogP contribution in [0.2, 0.25) is 0 Å². The first-order valence-electron chi connectivity index (χ1n) is 5.35. The lowest BCUT2D eigenvalue weighted by atomic mass is 9.96. The molecule has 0 aliphatic heterocycles. The van der Waals surface area contributed by atoms with Crippen LogP contribution in [0.15, 0.2) is 46.9 Å². The molecule has 1 unspecified atom stereocenters. The molecule has 0 amide bonds. The van der Waals surface area contributed by atoms with Crippen LogP contribution >= 0.6 is 15.9 Å². The van der Waals surface area contributed by atoms with Crippen molar-refractivity contribution in [2.75, 3.05) is 0 Å². The van der Waals surface area contributed by atoms with E-state index in [1.807, 2.05) is 31.2 Å². The highest BCUT2D eigenvalue weighted by Gasteiger charge is 2.12. The molecule has 0 radical (unpaired) electrons. The number of hydrogen-bond donors (Lipinski definition) is 1. The molecule has 0 fully saturated rings. The quantitative estimate of drug-likeness (QED) is 0.892. The van der Waals surface area contributed by atoms with Gasteiger partial charge in [-0.15, -0.1) is 0 Å². The van der Waals surface area contributed by atoms with Crippen LogP contribution in [-0.2, 0) is 0 Å². The number of hydrogen-bond acceptors (Lipinski definition) is 1. The first kappa shape index (κ1) is 12.3. The molecule has 0 aliphatic carbocycles. The van der Waals surface area contributed by atoms with Gasteiger partial charge in [-0.2, -0.15) is 0 Å². The summed E-state index contributed by atoms with van der Waals surface area (Å²) in [6.07, 6.45) is 0. The van der Waals surface area contributed by atoms with E-state index in [2.05, 4.69) is 15.9 Å². The van der Waals surface area contributed by atoms with Crippen LogP contribution in [0.4, 0.5) is 4.39 Å². The first-order chi connectivity index (χ1) is 8.09. The van der Waals surface area contributed by atoms with E-state index < -0.39 is 0 Å². The lowest BCUT2D eigenvalue weighted by Crippen LogP contribution is -2.13. The molecule has 0 spiro atoms. The van der Waals surface area contributed by atoms with E-state index in [-0.39, 0.29) is 11.9 Å². The SMILES string of the molecule is Cc1ccccc1C(N)c1ccc(F)c(Br)c1. The Morgan fingerprint density at radius 2 is 1.88 bits per heavy atom. The summed E-state index contributed by atoms with van der Waals surface area (Å²) in [5, 5.41) is 0. The second-order valence-electron chi connectivity index (χ2n) is 4.01. The van der Waals surface area contributed by atoms with Crippen molar-refractivity contribution < 1.29 is 4.39 Å². The van der Waals surface area contributed by atoms with Crippen molar-refractivity contribution in [3.8, 4) is 0 Å². The summed E-state index contributed by atoms with van der Waals surface area (Å²) in [6.45, 7) is 2.02. The fourth-order valence-electron chi connectivity index (χ4n) is 1.82. The van der Waals surface area contributed by atoms with Gasteiger partial charge in [0.15, 0.2) is 0 Å². The van der Waals surface area contributed by atoms with E-state index in [1.165, 1.54) is 6.07 Å². The topological polar surface area (TPSA) is 26.0 Å². The molecule has 2 N–H and O–H groups in total. The zero-order valence-electron chi connectivity index (χ0n) is 9.45. The van der Waals surface area contributed by atoms with Crippen LogP contribution in [0.3, 0.4) is 0 Å². The van der Waals surface area contributed by atoms with E-state index >= 15 is 0 Å². The predicted octanol–water partition coefficient (Wildman–Crippen LogP) is 3.94. The molecule has 88 valence electrons. The molecular weight excluding hydrogens is 281 g/mol. The van der Waals surface area contributed by atoms with Gasteiger partial charge in [0.1, 0.15) is 5.82 Å². The maximum atomic E-state index is 13.2. The molecule has 0 heterocycles. The van der Waals surface area contributed by atoms with E-state index in [0.29, 0.717) is 4.47 Å². The molecule has 2 aromatic rings. The van der Waals surface area contributed by atoms with Gasteiger partial charge in [0.2, 0.25) is 0 Å². The van der Waals surface area contributed by atoms with Crippen molar-refractivity contribution in [3.63, 3.8) is 0 Å². The monoisotopic (exact) mass is 293 g/mol. The van der Waals surface area contributed by atoms with Crippen molar-refractivity contribution >= 4 is 15.9 Å². The van der Waals surface area contributed by atoms with Crippen molar-refractivity contribution in [2.45, 2.75) is 13.0 Å². The number of rotatable bonds is 2. The molecule has 3 heteroatoms. The summed E-state index contributed by atoms with van der Waals surface area (Å²) in [5.74, 6) is -0.272. The summed E-state index contributed by atoms with van der Waals surface area (Å²) >= 11 is 3.17. The molecule has 1 atom stereocenters. The minimum Gasteiger partial charge on any atom is -0.320 e. The second kappa shape index (κ2) is 4.98. The van der Waals surface area contributed by atoms with Crippen LogP contribution in [0.1, 0.15) is 22.7 Å². The molecule has 1 nitrogen and oxygen atoms in total. The zero-order chi connectivity index (χ0) is 12.4. The Morgan fingerprint density at radius 1 is 1.18 bits per heavy atom. The highest BCUT2D eigenvalue weighted by Crippen LogP contribution is 2.26. The second-order valence-corrected chi connectivity index (χ2v) is 4.86. The largest absolute Gasteiger partial charge is 0.320 e. The predicted molar refractivity (Wildman–Crippen MR) is 71.3 cm³/mol. The first-order valence-corrected chi connectivity index (χ1v) is 6.15. The molecule has 0 bridgehead atoms. The maximum Gasteiger partial charge on any atom is 0.137 e. The number of aryl methyl sites for hydroxylation is 1. The molecule has 0 saturated heterocycles. The van der Waals surface area contributed by atoms with Crippen LogP contribution in [0.25, 0.3) is 0 Å². The molecule has 2 aromatic carbocycles. The Hall–Kier alpha value is -1.19. The van der Waals surface area contributed by atoms with Crippen LogP contribution in [-0.4, -0.2) is 0 Å². The van der Waals surface area contributed by atoms with Crippen LogP contribution < -0.4 is 5.73 Å². The van der Waals surface area contributed by atoms with E-state index in [9.17, 15) is 4.39 Å². The third-order valence-electron chi connectivity index (χ3n) is 2.83. The van der Waals surface area contributed by atoms with Crippen LogP contribution in [0.5, 0.6) is 0 Å². The smallest absolute Gasteiger partial charge is 0.137 e. The highest BCUT2D eigenvalue weighted by molar-refractivity contribution is 9.10. The molecule has 0 aliphatic rings. The van der Waals surface area contributed by atoms with Gasteiger partial charge in [-0.3, -0.25) is 0 Å². The van der Waals surface area contributed by atoms with Gasteiger partial charge in [-0.05, 0) is 51.7 Å². The number of benzene rings is 2. The van der Waals surface area contributed by atoms with E-state index in [0.717, 1.165) is 16.7 Å². The van der Waals surface area contributed by atoms with Gasteiger partial charge in [0, 0.05) is 0 Å². The van der Waals surface area contributed by atoms with Gasteiger partial charge in [-0.25, -0.2) is 4.39 Å². The number of halogens is 2. The van der Waals surface area contributed by atoms with Gasteiger partial charge >= 0.3 is 0 Å². The minimum atomic E-state index is -0.272. The summed E-state index contributed by atoms with van der Waals surface area (Å²) in [5.41, 5.74) is 9.29. The molecule has 0 saturated carbocycles. The van der Waals surface area contributed by atoms with Gasteiger partial charge in [-0.1, -0.05) is 30.3 Å². The van der Waals surface area contributed by atoms with Crippen molar-refractivity contribution in [1.82, 2.24) is 0 Å². The molecule has 0 aromatic heterocycles. The normalized spacial score (nSPS) is 12.5. The average molecular weight is 294 g/mol. The van der Waals surface area contributed by atoms with Crippen molar-refractivity contribution in [3.05, 3.63) is 69.4 Å². The molecule has 17 heavy (non-hydrogen) atoms. The molecule has 2 rings (SSSR count). The third kappa shape index (κ3) is 2.56. The maximum absolute atomic E-state index is 13.2. The fraction of sp³-hybridized carbons (Fsp3) is 0.143. The average Bonchev–Trinajstić information content (AvgIpc) is 2.32. The van der Waals surface area contributed by atoms with Crippen LogP contribution in [0, 0.1) is 12.7 Å². The summed E-state index contributed by atoms with van der Waals surface area (Å²) in [6, 6.07) is 12.6. The Bertz CT molecular complexity index is 539. The summed E-state index contributed by atoms with van der Waals surface area (Å²) < 4.78 is 13.6. The van der Waals surface area contributed by atoms with Gasteiger partial charge in [0.25, 0.3) is 0 Å². The lowest BCUT2D eigenvalue weighted by molar-refractivity contribution is 0.619. The van der Waals surface area contributed by atoms with Crippen molar-refractivity contribution in [1.29, 1.82) is 0 Å². The Balaban J connectivity index is 2.40. The Kier molecular flexibility index (Phi) is 3.60. The highest BCUT2D eigenvalue weighted by atomic mass is 79.9. The van der Waals surface area contributed by atoms with Crippen molar-refractivity contribution in [2.24, 2.45) is 5.73 Å². The number of nitrogens with two attached hydrogens (primary N) is 1. The van der Waals surface area contributed by atoms with Gasteiger partial charge < -0.3 is 5.73 Å².